The molecule has 3 amide bonds. The van der Waals surface area contributed by atoms with E-state index in [1.54, 1.807) is 43.5 Å². The monoisotopic (exact) mass is 603 g/mol. The van der Waals surface area contributed by atoms with E-state index in [2.05, 4.69) is 17.6 Å². The van der Waals surface area contributed by atoms with Gasteiger partial charge in [-0.3, -0.25) is 9.59 Å². The predicted octanol–water partition coefficient (Wildman–Crippen LogP) is 7.61. The molecule has 2 atom stereocenters. The quantitative estimate of drug-likeness (QED) is 0.230. The fraction of sp³-hybridized carbons (Fsp3) is 0.531. The summed E-state index contributed by atoms with van der Waals surface area (Å²) in [5, 5.41) is 6.26. The molecule has 7 nitrogen and oxygen atoms in total. The third-order valence-electron chi connectivity index (χ3n) is 6.73. The van der Waals surface area contributed by atoms with Gasteiger partial charge < -0.3 is 20.3 Å². The molecule has 2 N–H and O–H groups in total. The maximum absolute atomic E-state index is 14.4. The van der Waals surface area contributed by atoms with Gasteiger partial charge in [0.1, 0.15) is 17.7 Å². The Morgan fingerprint density at radius 3 is 2.17 bits per heavy atom. The number of rotatable bonds is 13. The second-order valence-electron chi connectivity index (χ2n) is 11.3. The van der Waals surface area contributed by atoms with Gasteiger partial charge in [-0.25, -0.2) is 4.79 Å². The highest BCUT2D eigenvalue weighted by Crippen LogP contribution is 2.32. The van der Waals surface area contributed by atoms with Crippen LogP contribution in [0, 0.1) is 20.8 Å². The first-order valence-electron chi connectivity index (χ1n) is 14.2. The van der Waals surface area contributed by atoms with E-state index in [0.29, 0.717) is 35.8 Å². The Hall–Kier alpha value is -2.71. The number of thioether (sulfide) groups is 1. The first-order valence-corrected chi connectivity index (χ1v) is 16.0. The molecule has 2 unspecified atom stereocenters. The molecule has 0 aliphatic carbocycles. The average Bonchev–Trinajstić information content (AvgIpc) is 2.88. The highest BCUT2D eigenvalue weighted by molar-refractivity contribution is 7.98. The zero-order valence-electron chi connectivity index (χ0n) is 25.7. The summed E-state index contributed by atoms with van der Waals surface area (Å²) >= 11 is 8.08. The van der Waals surface area contributed by atoms with Crippen LogP contribution < -0.4 is 10.6 Å². The largest absolute Gasteiger partial charge is 0.444 e. The van der Waals surface area contributed by atoms with Crippen LogP contribution in [-0.4, -0.2) is 53.0 Å². The van der Waals surface area contributed by atoms with Gasteiger partial charge in [0.25, 0.3) is 5.91 Å². The van der Waals surface area contributed by atoms with E-state index in [9.17, 15) is 14.4 Å². The zero-order valence-corrected chi connectivity index (χ0v) is 27.3. The van der Waals surface area contributed by atoms with Crippen LogP contribution >= 0.6 is 23.4 Å². The van der Waals surface area contributed by atoms with Gasteiger partial charge in [0.15, 0.2) is 0 Å². The van der Waals surface area contributed by atoms with Crippen LogP contribution in [-0.2, 0) is 14.3 Å². The first-order chi connectivity index (χ1) is 19.3. The number of hydrogen-bond acceptors (Lipinski definition) is 5. The fourth-order valence-electron chi connectivity index (χ4n) is 4.71. The van der Waals surface area contributed by atoms with E-state index in [1.807, 2.05) is 57.4 Å². The van der Waals surface area contributed by atoms with Crippen LogP contribution in [0.5, 0.6) is 0 Å². The highest BCUT2D eigenvalue weighted by atomic mass is 35.5. The van der Waals surface area contributed by atoms with Crippen molar-refractivity contribution in [3.05, 3.63) is 63.7 Å². The molecule has 226 valence electrons. The van der Waals surface area contributed by atoms with Gasteiger partial charge in [0.2, 0.25) is 5.91 Å². The number of para-hydroxylation sites is 1. The SMILES string of the molecule is CCCCCN(C(=O)C(CCSC)NC(=O)OC(C)(C)C)C(C(=O)Nc1c(C)cccc1Cl)c1c(C)cccc1C. The van der Waals surface area contributed by atoms with E-state index in [-0.39, 0.29) is 11.8 Å². The topological polar surface area (TPSA) is 87.7 Å². The van der Waals surface area contributed by atoms with Gasteiger partial charge in [-0.1, -0.05) is 61.7 Å². The van der Waals surface area contributed by atoms with Crippen molar-refractivity contribution >= 4 is 47.0 Å². The van der Waals surface area contributed by atoms with Crippen molar-refractivity contribution in [3.63, 3.8) is 0 Å². The molecule has 2 aromatic rings. The molecule has 0 saturated carbocycles. The lowest BCUT2D eigenvalue weighted by molar-refractivity contribution is -0.141. The van der Waals surface area contributed by atoms with Crippen molar-refractivity contribution in [2.75, 3.05) is 23.9 Å². The van der Waals surface area contributed by atoms with Gasteiger partial charge in [0.05, 0.1) is 10.7 Å². The minimum absolute atomic E-state index is 0.320. The van der Waals surface area contributed by atoms with E-state index in [1.165, 1.54) is 0 Å². The van der Waals surface area contributed by atoms with E-state index < -0.39 is 23.8 Å². The van der Waals surface area contributed by atoms with E-state index >= 15 is 0 Å². The third kappa shape index (κ3) is 10.3. The molecule has 0 aliphatic rings. The fourth-order valence-corrected chi connectivity index (χ4v) is 5.45. The Labute approximate surface area is 255 Å². The van der Waals surface area contributed by atoms with E-state index in [0.717, 1.165) is 35.1 Å². The maximum Gasteiger partial charge on any atom is 0.408 e. The number of alkyl carbamates (subject to hydrolysis) is 1. The Morgan fingerprint density at radius 2 is 1.61 bits per heavy atom. The summed E-state index contributed by atoms with van der Waals surface area (Å²) in [5.41, 5.74) is 3.18. The molecule has 0 bridgehead atoms. The molecule has 0 radical (unpaired) electrons. The molecule has 2 rings (SSSR count). The smallest absolute Gasteiger partial charge is 0.408 e. The predicted molar refractivity (Wildman–Crippen MR) is 171 cm³/mol. The molecular formula is C32H46ClN3O4S. The van der Waals surface area contributed by atoms with Crippen molar-refractivity contribution in [2.24, 2.45) is 0 Å². The van der Waals surface area contributed by atoms with Crippen molar-refractivity contribution in [1.29, 1.82) is 0 Å². The van der Waals surface area contributed by atoms with Crippen LogP contribution in [0.3, 0.4) is 0 Å². The van der Waals surface area contributed by atoms with Crippen LogP contribution in [0.4, 0.5) is 10.5 Å². The maximum atomic E-state index is 14.4. The summed E-state index contributed by atoms with van der Waals surface area (Å²) in [6.45, 7) is 13.5. The Bertz CT molecular complexity index is 1160. The summed E-state index contributed by atoms with van der Waals surface area (Å²) in [6.07, 6.45) is 4.24. The van der Waals surface area contributed by atoms with Gasteiger partial charge in [-0.15, -0.1) is 0 Å². The van der Waals surface area contributed by atoms with Crippen LogP contribution in [0.1, 0.15) is 81.7 Å². The second kappa shape index (κ2) is 16.1. The molecular weight excluding hydrogens is 558 g/mol. The number of amides is 3. The Balaban J connectivity index is 2.64. The summed E-state index contributed by atoms with van der Waals surface area (Å²) in [4.78, 5) is 43.1. The van der Waals surface area contributed by atoms with Crippen molar-refractivity contribution in [2.45, 2.75) is 91.8 Å². The summed E-state index contributed by atoms with van der Waals surface area (Å²) < 4.78 is 5.49. The Morgan fingerprint density at radius 1 is 1.00 bits per heavy atom. The van der Waals surface area contributed by atoms with Crippen molar-refractivity contribution < 1.29 is 19.1 Å². The summed E-state index contributed by atoms with van der Waals surface area (Å²) in [5.74, 6) is -0.0299. The number of aryl methyl sites for hydroxylation is 3. The Kier molecular flexibility index (Phi) is 13.5. The number of halogens is 1. The van der Waals surface area contributed by atoms with Crippen molar-refractivity contribution in [3.8, 4) is 0 Å². The minimum Gasteiger partial charge on any atom is -0.444 e. The normalized spacial score (nSPS) is 12.8. The number of nitrogens with one attached hydrogen (secondary N) is 2. The lowest BCUT2D eigenvalue weighted by atomic mass is 9.93. The van der Waals surface area contributed by atoms with Gasteiger partial charge in [0, 0.05) is 6.54 Å². The molecule has 0 saturated heterocycles. The minimum atomic E-state index is -0.937. The number of unbranched alkanes of at least 4 members (excludes halogenated alkanes) is 2. The number of anilines is 1. The third-order valence-corrected chi connectivity index (χ3v) is 7.69. The summed E-state index contributed by atoms with van der Waals surface area (Å²) in [6, 6.07) is 9.47. The molecule has 2 aromatic carbocycles. The molecule has 0 fully saturated rings. The van der Waals surface area contributed by atoms with E-state index in [4.69, 9.17) is 16.3 Å². The molecule has 0 spiro atoms. The molecule has 0 aliphatic heterocycles. The number of benzene rings is 2. The van der Waals surface area contributed by atoms with Crippen LogP contribution in [0.25, 0.3) is 0 Å². The lowest BCUT2D eigenvalue weighted by Crippen LogP contribution is -2.53. The number of hydrogen-bond donors (Lipinski definition) is 2. The molecule has 9 heteroatoms. The first kappa shape index (κ1) is 34.5. The molecule has 0 aromatic heterocycles. The number of carbonyl (C=O) groups is 3. The molecule has 41 heavy (non-hydrogen) atoms. The van der Waals surface area contributed by atoms with Gasteiger partial charge in [-0.05, 0) is 94.7 Å². The number of nitrogens with zero attached hydrogens (tertiary/aromatic N) is 1. The van der Waals surface area contributed by atoms with Crippen LogP contribution in [0.15, 0.2) is 36.4 Å². The average molecular weight is 604 g/mol. The van der Waals surface area contributed by atoms with Crippen molar-refractivity contribution in [1.82, 2.24) is 10.2 Å². The van der Waals surface area contributed by atoms with Gasteiger partial charge in [-0.2, -0.15) is 11.8 Å². The van der Waals surface area contributed by atoms with Gasteiger partial charge >= 0.3 is 6.09 Å². The lowest BCUT2D eigenvalue weighted by Gasteiger charge is -2.36. The second-order valence-corrected chi connectivity index (χ2v) is 12.7. The molecule has 0 heterocycles. The number of ether oxygens (including phenoxy) is 1. The van der Waals surface area contributed by atoms with Crippen LogP contribution in [0.2, 0.25) is 5.02 Å². The highest BCUT2D eigenvalue weighted by Gasteiger charge is 2.37. The zero-order chi connectivity index (χ0) is 30.7. The number of carbonyl (C=O) groups excluding carboxylic acids is 3. The standard InChI is InChI=1S/C32H46ClN3O4S/c1-9-10-11-19-36(30(38)25(18-20-41-8)34-31(39)40-32(5,6)7)28(26-21(2)14-12-15-22(26)3)29(37)35-27-23(4)16-13-17-24(27)33/h12-17,25,28H,9-11,18-20H2,1-8H3,(H,34,39)(H,35,37). The summed E-state index contributed by atoms with van der Waals surface area (Å²) in [7, 11) is 0.